The fourth-order valence-electron chi connectivity index (χ4n) is 3.19. The van der Waals surface area contributed by atoms with Crippen LogP contribution in [0.15, 0.2) is 33.3 Å². The molecule has 28 heavy (non-hydrogen) atoms. The van der Waals surface area contributed by atoms with E-state index in [2.05, 4.69) is 26.4 Å². The van der Waals surface area contributed by atoms with E-state index in [0.717, 1.165) is 4.47 Å². The molecule has 0 radical (unpaired) electrons. The van der Waals surface area contributed by atoms with Crippen LogP contribution in [-0.2, 0) is 4.79 Å². The van der Waals surface area contributed by atoms with Crippen LogP contribution in [0.2, 0.25) is 0 Å². The number of rotatable bonds is 5. The number of benzene rings is 1. The van der Waals surface area contributed by atoms with Gasteiger partial charge >= 0.3 is 0 Å². The van der Waals surface area contributed by atoms with Crippen LogP contribution in [0.1, 0.15) is 42.8 Å². The zero-order valence-corrected chi connectivity index (χ0v) is 17.8. The predicted molar refractivity (Wildman–Crippen MR) is 108 cm³/mol. The van der Waals surface area contributed by atoms with Crippen molar-refractivity contribution in [3.63, 3.8) is 0 Å². The number of aromatic nitrogens is 1. The van der Waals surface area contributed by atoms with Crippen molar-refractivity contribution in [3.8, 4) is 5.75 Å². The molecule has 2 amide bonds. The molecule has 0 spiro atoms. The molecule has 1 saturated heterocycles. The number of likely N-dealkylation sites (tertiary alicyclic amines) is 1. The Balaban J connectivity index is 1.61. The van der Waals surface area contributed by atoms with Crippen LogP contribution in [0.3, 0.4) is 0 Å². The number of anilines is 1. The summed E-state index contributed by atoms with van der Waals surface area (Å²) in [5, 5.41) is 6.56. The van der Waals surface area contributed by atoms with Gasteiger partial charge in [-0.2, -0.15) is 0 Å². The lowest BCUT2D eigenvalue weighted by Crippen LogP contribution is -2.41. The molecular formula is C20H24BrN3O4. The Labute approximate surface area is 172 Å². The Hall–Kier alpha value is -2.35. The van der Waals surface area contributed by atoms with Gasteiger partial charge in [-0.1, -0.05) is 21.1 Å². The molecule has 1 N–H and O–H groups in total. The third-order valence-corrected chi connectivity index (χ3v) is 5.06. The third-order valence-electron chi connectivity index (χ3n) is 4.57. The van der Waals surface area contributed by atoms with E-state index in [9.17, 15) is 9.59 Å². The summed E-state index contributed by atoms with van der Waals surface area (Å²) in [6.07, 6.45) is 1.17. The highest BCUT2D eigenvalue weighted by Gasteiger charge is 2.29. The first-order valence-electron chi connectivity index (χ1n) is 9.33. The fourth-order valence-corrected chi connectivity index (χ4v) is 3.53. The van der Waals surface area contributed by atoms with Crippen LogP contribution >= 0.6 is 15.9 Å². The Kier molecular flexibility index (Phi) is 6.39. The smallest absolute Gasteiger partial charge is 0.257 e. The minimum Gasteiger partial charge on any atom is -0.490 e. The number of aryl methyl sites for hydroxylation is 1. The molecule has 8 heteroatoms. The first-order chi connectivity index (χ1) is 13.3. The van der Waals surface area contributed by atoms with E-state index >= 15 is 0 Å². The quantitative estimate of drug-likeness (QED) is 0.744. The van der Waals surface area contributed by atoms with Crippen LogP contribution in [-0.4, -0.2) is 41.1 Å². The molecule has 0 atom stereocenters. The molecule has 0 bridgehead atoms. The van der Waals surface area contributed by atoms with Crippen molar-refractivity contribution in [2.75, 3.05) is 18.4 Å². The van der Waals surface area contributed by atoms with E-state index < -0.39 is 0 Å². The van der Waals surface area contributed by atoms with Gasteiger partial charge in [0.15, 0.2) is 5.82 Å². The van der Waals surface area contributed by atoms with Crippen molar-refractivity contribution in [1.29, 1.82) is 0 Å². The van der Waals surface area contributed by atoms with E-state index in [1.807, 2.05) is 26.0 Å². The standard InChI is InChI=1S/C20H24BrN3O4/c1-12(2)27-17-11-15(21)4-5-16(17)20(26)24-8-6-14(7-9-24)19(25)22-18-10-13(3)28-23-18/h4-5,10-12,14H,6-9H2,1-3H3,(H,22,23,25). The molecule has 3 rings (SSSR count). The van der Waals surface area contributed by atoms with Gasteiger partial charge in [-0.15, -0.1) is 0 Å². The van der Waals surface area contributed by atoms with Gasteiger partial charge < -0.3 is 19.5 Å². The molecule has 0 unspecified atom stereocenters. The third kappa shape index (κ3) is 4.92. The van der Waals surface area contributed by atoms with E-state index in [0.29, 0.717) is 48.8 Å². The molecule has 1 aromatic heterocycles. The van der Waals surface area contributed by atoms with Crippen LogP contribution < -0.4 is 10.1 Å². The average Bonchev–Trinajstić information content (AvgIpc) is 3.05. The second kappa shape index (κ2) is 8.77. The summed E-state index contributed by atoms with van der Waals surface area (Å²) in [5.41, 5.74) is 0.540. The Bertz CT molecular complexity index is 857. The number of carbonyl (C=O) groups excluding carboxylic acids is 2. The summed E-state index contributed by atoms with van der Waals surface area (Å²) >= 11 is 3.42. The van der Waals surface area contributed by atoms with Crippen LogP contribution in [0, 0.1) is 12.8 Å². The zero-order chi connectivity index (χ0) is 20.3. The lowest BCUT2D eigenvalue weighted by Gasteiger charge is -2.31. The zero-order valence-electron chi connectivity index (χ0n) is 16.2. The largest absolute Gasteiger partial charge is 0.490 e. The Morgan fingerprint density at radius 2 is 2.00 bits per heavy atom. The molecule has 0 aliphatic carbocycles. The number of carbonyl (C=O) groups is 2. The SMILES string of the molecule is Cc1cc(NC(=O)C2CCN(C(=O)c3ccc(Br)cc3OC(C)C)CC2)no1. The Morgan fingerprint density at radius 3 is 2.61 bits per heavy atom. The maximum absolute atomic E-state index is 13.0. The molecule has 150 valence electrons. The van der Waals surface area contributed by atoms with E-state index in [1.54, 1.807) is 24.0 Å². The first-order valence-corrected chi connectivity index (χ1v) is 10.1. The molecule has 0 saturated carbocycles. The summed E-state index contributed by atoms with van der Waals surface area (Å²) in [6.45, 7) is 6.66. The molecule has 2 aromatic rings. The maximum Gasteiger partial charge on any atom is 0.257 e. The van der Waals surface area contributed by atoms with Crippen molar-refractivity contribution in [1.82, 2.24) is 10.1 Å². The minimum absolute atomic E-state index is 0.0320. The molecule has 2 heterocycles. The van der Waals surface area contributed by atoms with Crippen molar-refractivity contribution in [2.24, 2.45) is 5.92 Å². The van der Waals surface area contributed by atoms with Crippen molar-refractivity contribution < 1.29 is 18.8 Å². The molecule has 1 aliphatic heterocycles. The van der Waals surface area contributed by atoms with Crippen molar-refractivity contribution >= 4 is 33.6 Å². The lowest BCUT2D eigenvalue weighted by atomic mass is 9.95. The van der Waals surface area contributed by atoms with Gasteiger partial charge in [-0.3, -0.25) is 9.59 Å². The second-order valence-corrected chi connectivity index (χ2v) is 8.10. The number of nitrogens with zero attached hydrogens (tertiary/aromatic N) is 2. The van der Waals surface area contributed by atoms with Gasteiger partial charge in [0.25, 0.3) is 5.91 Å². The first kappa shape index (κ1) is 20.4. The van der Waals surface area contributed by atoms with Crippen molar-refractivity contribution in [3.05, 3.63) is 40.1 Å². The topological polar surface area (TPSA) is 84.7 Å². The summed E-state index contributed by atoms with van der Waals surface area (Å²) in [5.74, 6) is 1.31. The lowest BCUT2D eigenvalue weighted by molar-refractivity contribution is -0.121. The number of halogens is 1. The fraction of sp³-hybridized carbons (Fsp3) is 0.450. The maximum atomic E-state index is 13.0. The van der Waals surface area contributed by atoms with Gasteiger partial charge in [-0.25, -0.2) is 0 Å². The van der Waals surface area contributed by atoms with E-state index in [1.165, 1.54) is 0 Å². The van der Waals surface area contributed by atoms with Crippen molar-refractivity contribution in [2.45, 2.75) is 39.7 Å². The Morgan fingerprint density at radius 1 is 1.29 bits per heavy atom. The van der Waals surface area contributed by atoms with Crippen LogP contribution in [0.4, 0.5) is 5.82 Å². The number of nitrogens with one attached hydrogen (secondary N) is 1. The highest BCUT2D eigenvalue weighted by molar-refractivity contribution is 9.10. The van der Waals surface area contributed by atoms with Crippen LogP contribution in [0.5, 0.6) is 5.75 Å². The van der Waals surface area contributed by atoms with E-state index in [-0.39, 0.29) is 23.8 Å². The number of ether oxygens (including phenoxy) is 1. The van der Waals surface area contributed by atoms with Gasteiger partial charge in [-0.05, 0) is 51.8 Å². The summed E-state index contributed by atoms with van der Waals surface area (Å²) in [7, 11) is 0. The van der Waals surface area contributed by atoms with Gasteiger partial charge in [0, 0.05) is 29.5 Å². The van der Waals surface area contributed by atoms with Gasteiger partial charge in [0.05, 0.1) is 11.7 Å². The molecule has 1 aromatic carbocycles. The van der Waals surface area contributed by atoms with Gasteiger partial charge in [0.2, 0.25) is 5.91 Å². The molecule has 1 aliphatic rings. The summed E-state index contributed by atoms with van der Waals surface area (Å²) in [6, 6.07) is 7.10. The second-order valence-electron chi connectivity index (χ2n) is 7.19. The average molecular weight is 450 g/mol. The highest BCUT2D eigenvalue weighted by Crippen LogP contribution is 2.28. The van der Waals surface area contributed by atoms with Crippen LogP contribution in [0.25, 0.3) is 0 Å². The normalized spacial score (nSPS) is 15.0. The minimum atomic E-state index is -0.155. The molecule has 1 fully saturated rings. The summed E-state index contributed by atoms with van der Waals surface area (Å²) in [4.78, 5) is 27.2. The monoisotopic (exact) mass is 449 g/mol. The number of amides is 2. The molecule has 7 nitrogen and oxygen atoms in total. The number of piperidine rings is 1. The number of hydrogen-bond donors (Lipinski definition) is 1. The highest BCUT2D eigenvalue weighted by atomic mass is 79.9. The van der Waals surface area contributed by atoms with E-state index in [4.69, 9.17) is 9.26 Å². The molecular weight excluding hydrogens is 426 g/mol. The summed E-state index contributed by atoms with van der Waals surface area (Å²) < 4.78 is 11.6. The number of hydrogen-bond acceptors (Lipinski definition) is 5. The van der Waals surface area contributed by atoms with Gasteiger partial charge in [0.1, 0.15) is 11.5 Å². The predicted octanol–water partition coefficient (Wildman–Crippen LogP) is 4.02.